The van der Waals surface area contributed by atoms with E-state index in [9.17, 15) is 0 Å². The molecule has 0 atom stereocenters. The molecule has 0 aromatic carbocycles. The Hall–Kier alpha value is -1.03. The van der Waals surface area contributed by atoms with Gasteiger partial charge in [0, 0.05) is 25.5 Å². The van der Waals surface area contributed by atoms with Gasteiger partial charge in [-0.2, -0.15) is 0 Å². The molecule has 4 nitrogen and oxygen atoms in total. The van der Waals surface area contributed by atoms with Gasteiger partial charge in [-0.25, -0.2) is 4.98 Å². The van der Waals surface area contributed by atoms with Crippen molar-refractivity contribution in [3.05, 3.63) is 12.4 Å². The van der Waals surface area contributed by atoms with Crippen LogP contribution in [0.15, 0.2) is 12.4 Å². The van der Waals surface area contributed by atoms with Gasteiger partial charge in [0.15, 0.2) is 0 Å². The van der Waals surface area contributed by atoms with Crippen molar-refractivity contribution in [2.45, 2.75) is 58.1 Å². The highest BCUT2D eigenvalue weighted by molar-refractivity contribution is 5.25. The molecule has 1 heterocycles. The minimum Gasteiger partial charge on any atom is -0.376 e. The molecule has 1 aromatic heterocycles. The Labute approximate surface area is 110 Å². The minimum atomic E-state index is 0.495. The standard InChI is InChI=1S/C14H25N3O/c1-2-8-15-14-16-9-10-17(14)11-12-18-13-6-4-3-5-7-13/h9-10,13H,2-8,11-12H2,1H3,(H,15,16). The highest BCUT2D eigenvalue weighted by Crippen LogP contribution is 2.20. The maximum absolute atomic E-state index is 5.94. The highest BCUT2D eigenvalue weighted by Gasteiger charge is 2.13. The smallest absolute Gasteiger partial charge is 0.202 e. The van der Waals surface area contributed by atoms with Crippen molar-refractivity contribution >= 4 is 5.95 Å². The van der Waals surface area contributed by atoms with Crippen LogP contribution in [0, 0.1) is 0 Å². The lowest BCUT2D eigenvalue weighted by Gasteiger charge is -2.22. The Bertz CT molecular complexity index is 332. The van der Waals surface area contributed by atoms with Crippen LogP contribution in [-0.2, 0) is 11.3 Å². The van der Waals surface area contributed by atoms with Crippen LogP contribution in [-0.4, -0.2) is 28.8 Å². The molecular formula is C14H25N3O. The third-order valence-corrected chi connectivity index (χ3v) is 3.49. The van der Waals surface area contributed by atoms with Crippen molar-refractivity contribution in [1.29, 1.82) is 0 Å². The van der Waals surface area contributed by atoms with Crippen molar-refractivity contribution < 1.29 is 4.74 Å². The Morgan fingerprint density at radius 3 is 3.00 bits per heavy atom. The molecule has 102 valence electrons. The molecule has 18 heavy (non-hydrogen) atoms. The topological polar surface area (TPSA) is 39.1 Å². The van der Waals surface area contributed by atoms with Crippen LogP contribution >= 0.6 is 0 Å². The van der Waals surface area contributed by atoms with Gasteiger partial charge in [0.05, 0.1) is 12.7 Å². The van der Waals surface area contributed by atoms with Gasteiger partial charge >= 0.3 is 0 Å². The molecule has 0 aliphatic heterocycles. The fraction of sp³-hybridized carbons (Fsp3) is 0.786. The SMILES string of the molecule is CCCNc1nccn1CCOC1CCCCC1. The normalized spacial score (nSPS) is 16.9. The molecule has 0 unspecified atom stereocenters. The summed E-state index contributed by atoms with van der Waals surface area (Å²) in [6.45, 7) is 4.82. The van der Waals surface area contributed by atoms with Crippen molar-refractivity contribution in [2.75, 3.05) is 18.5 Å². The average molecular weight is 251 g/mol. The van der Waals surface area contributed by atoms with Crippen LogP contribution < -0.4 is 5.32 Å². The Morgan fingerprint density at radius 2 is 2.22 bits per heavy atom. The van der Waals surface area contributed by atoms with E-state index in [-0.39, 0.29) is 0 Å². The van der Waals surface area contributed by atoms with Crippen LogP contribution in [0.1, 0.15) is 45.4 Å². The van der Waals surface area contributed by atoms with Crippen molar-refractivity contribution in [3.63, 3.8) is 0 Å². The van der Waals surface area contributed by atoms with E-state index < -0.39 is 0 Å². The van der Waals surface area contributed by atoms with Gasteiger partial charge in [-0.05, 0) is 19.3 Å². The van der Waals surface area contributed by atoms with Crippen LogP contribution in [0.2, 0.25) is 0 Å². The third-order valence-electron chi connectivity index (χ3n) is 3.49. The summed E-state index contributed by atoms with van der Waals surface area (Å²) in [7, 11) is 0. The van der Waals surface area contributed by atoms with E-state index in [1.54, 1.807) is 0 Å². The van der Waals surface area contributed by atoms with E-state index in [0.717, 1.165) is 32.1 Å². The van der Waals surface area contributed by atoms with Crippen molar-refractivity contribution in [1.82, 2.24) is 9.55 Å². The minimum absolute atomic E-state index is 0.495. The first-order valence-corrected chi connectivity index (χ1v) is 7.26. The Balaban J connectivity index is 1.70. The number of hydrogen-bond donors (Lipinski definition) is 1. The van der Waals surface area contributed by atoms with Gasteiger partial charge in [-0.1, -0.05) is 26.2 Å². The lowest BCUT2D eigenvalue weighted by molar-refractivity contribution is 0.0243. The number of nitrogens with zero attached hydrogens (tertiary/aromatic N) is 2. The second-order valence-corrected chi connectivity index (χ2v) is 5.00. The summed E-state index contributed by atoms with van der Waals surface area (Å²) >= 11 is 0. The monoisotopic (exact) mass is 251 g/mol. The Morgan fingerprint density at radius 1 is 1.39 bits per heavy atom. The number of hydrogen-bond acceptors (Lipinski definition) is 3. The molecule has 1 aliphatic carbocycles. The van der Waals surface area contributed by atoms with Gasteiger partial charge < -0.3 is 14.6 Å². The molecule has 0 bridgehead atoms. The first-order valence-electron chi connectivity index (χ1n) is 7.26. The molecule has 1 saturated carbocycles. The quantitative estimate of drug-likeness (QED) is 0.809. The third kappa shape index (κ3) is 4.02. The molecule has 2 rings (SSSR count). The largest absolute Gasteiger partial charge is 0.376 e. The first kappa shape index (κ1) is 13.4. The number of nitrogens with one attached hydrogen (secondary N) is 1. The van der Waals surface area contributed by atoms with Crippen molar-refractivity contribution in [3.8, 4) is 0 Å². The highest BCUT2D eigenvalue weighted by atomic mass is 16.5. The summed E-state index contributed by atoms with van der Waals surface area (Å²) in [5, 5.41) is 3.33. The van der Waals surface area contributed by atoms with Gasteiger partial charge in [-0.3, -0.25) is 0 Å². The average Bonchev–Trinajstić information content (AvgIpc) is 2.85. The van der Waals surface area contributed by atoms with E-state index in [0.29, 0.717) is 6.10 Å². The van der Waals surface area contributed by atoms with Crippen LogP contribution in [0.5, 0.6) is 0 Å². The molecule has 0 radical (unpaired) electrons. The maximum Gasteiger partial charge on any atom is 0.202 e. The molecule has 0 saturated heterocycles. The van der Waals surface area contributed by atoms with Crippen LogP contribution in [0.4, 0.5) is 5.95 Å². The number of imidazole rings is 1. The second kappa shape index (κ2) is 7.41. The predicted molar refractivity (Wildman–Crippen MR) is 73.8 cm³/mol. The molecule has 0 spiro atoms. The molecular weight excluding hydrogens is 226 g/mol. The summed E-state index contributed by atoms with van der Waals surface area (Å²) in [6, 6.07) is 0. The van der Waals surface area contributed by atoms with E-state index in [4.69, 9.17) is 4.74 Å². The lowest BCUT2D eigenvalue weighted by Crippen LogP contribution is -2.19. The predicted octanol–water partition coefficient (Wildman–Crippen LogP) is 3.05. The molecule has 0 amide bonds. The molecule has 1 fully saturated rings. The second-order valence-electron chi connectivity index (χ2n) is 5.00. The summed E-state index contributed by atoms with van der Waals surface area (Å²) in [5.41, 5.74) is 0. The van der Waals surface area contributed by atoms with E-state index >= 15 is 0 Å². The number of anilines is 1. The number of aromatic nitrogens is 2. The van der Waals surface area contributed by atoms with Crippen molar-refractivity contribution in [2.24, 2.45) is 0 Å². The Kier molecular flexibility index (Phi) is 5.52. The zero-order valence-electron chi connectivity index (χ0n) is 11.4. The first-order chi connectivity index (χ1) is 8.90. The summed E-state index contributed by atoms with van der Waals surface area (Å²) < 4.78 is 8.08. The number of ether oxygens (including phenoxy) is 1. The van der Waals surface area contributed by atoms with E-state index in [2.05, 4.69) is 21.8 Å². The van der Waals surface area contributed by atoms with Gasteiger partial charge in [0.2, 0.25) is 5.95 Å². The summed E-state index contributed by atoms with van der Waals surface area (Å²) in [4.78, 5) is 4.32. The molecule has 4 heteroatoms. The molecule has 1 aromatic rings. The molecule has 1 aliphatic rings. The summed E-state index contributed by atoms with van der Waals surface area (Å²) in [6.07, 6.45) is 12.0. The van der Waals surface area contributed by atoms with E-state index in [1.807, 2.05) is 12.4 Å². The van der Waals surface area contributed by atoms with E-state index in [1.165, 1.54) is 32.1 Å². The van der Waals surface area contributed by atoms with Crippen LogP contribution in [0.25, 0.3) is 0 Å². The lowest BCUT2D eigenvalue weighted by atomic mass is 9.98. The maximum atomic E-state index is 5.94. The summed E-state index contributed by atoms with van der Waals surface area (Å²) in [5.74, 6) is 0.962. The van der Waals surface area contributed by atoms with Gasteiger partial charge in [0.1, 0.15) is 0 Å². The number of rotatable bonds is 7. The van der Waals surface area contributed by atoms with Gasteiger partial charge in [-0.15, -0.1) is 0 Å². The molecule has 1 N–H and O–H groups in total. The zero-order valence-corrected chi connectivity index (χ0v) is 11.4. The fourth-order valence-corrected chi connectivity index (χ4v) is 2.44. The van der Waals surface area contributed by atoms with Crippen LogP contribution in [0.3, 0.4) is 0 Å². The zero-order chi connectivity index (χ0) is 12.6. The fourth-order valence-electron chi connectivity index (χ4n) is 2.44. The van der Waals surface area contributed by atoms with Gasteiger partial charge in [0.25, 0.3) is 0 Å².